The summed E-state index contributed by atoms with van der Waals surface area (Å²) in [7, 11) is 0. The van der Waals surface area contributed by atoms with Gasteiger partial charge in [0.05, 0.1) is 11.1 Å². The molecule has 1 aromatic carbocycles. The van der Waals surface area contributed by atoms with Crippen LogP contribution in [-0.4, -0.2) is 27.0 Å². The molecule has 3 N–H and O–H groups in total. The van der Waals surface area contributed by atoms with E-state index in [0.29, 0.717) is 5.56 Å². The topological polar surface area (TPSA) is 150 Å². The Balaban J connectivity index is 2.05. The maximum atomic E-state index is 11.7. The van der Waals surface area contributed by atoms with E-state index in [1.807, 2.05) is 4.98 Å². The van der Waals surface area contributed by atoms with Crippen LogP contribution in [0.1, 0.15) is 15.9 Å². The molecule has 0 aliphatic rings. The van der Waals surface area contributed by atoms with Gasteiger partial charge in [-0.25, -0.2) is 10.2 Å². The third-order valence-corrected chi connectivity index (χ3v) is 2.55. The fourth-order valence-electron chi connectivity index (χ4n) is 1.49. The number of carbonyl (C=O) groups excluding carboxylic acids is 1. The minimum Gasteiger partial charge on any atom is -0.313 e. The number of nitrogens with one attached hydrogen (secondary N) is 3. The number of H-pyrrole nitrogens is 2. The molecule has 0 atom stereocenters. The molecule has 0 bridgehead atoms. The number of amides is 1. The Morgan fingerprint density at radius 3 is 2.55 bits per heavy atom. The van der Waals surface area contributed by atoms with Crippen molar-refractivity contribution in [3.05, 3.63) is 72.5 Å². The summed E-state index contributed by atoms with van der Waals surface area (Å²) in [6.07, 6.45) is 2.22. The van der Waals surface area contributed by atoms with Gasteiger partial charge >= 0.3 is 5.69 Å². The van der Waals surface area contributed by atoms with E-state index < -0.39 is 22.1 Å². The molecule has 0 aliphatic carbocycles. The summed E-state index contributed by atoms with van der Waals surface area (Å²) in [5.41, 5.74) is 0.674. The third-order valence-electron chi connectivity index (χ3n) is 2.55. The smallest absolute Gasteiger partial charge is 0.313 e. The van der Waals surface area contributed by atoms with Crippen LogP contribution in [0.15, 0.2) is 45.2 Å². The standard InChI is InChI=1S/C12H9N5O5/c18-10-9(6-13-12(20)15-10)11(19)16-14-5-7-1-3-8(4-2-7)17(21)22/h1-6H,(H,16,19)(H2,13,15,18,20)/b14-5-. The Morgan fingerprint density at radius 1 is 1.27 bits per heavy atom. The molecule has 1 heterocycles. The van der Waals surface area contributed by atoms with E-state index in [2.05, 4.69) is 15.5 Å². The maximum absolute atomic E-state index is 11.7. The van der Waals surface area contributed by atoms with E-state index in [4.69, 9.17) is 0 Å². The Kier molecular flexibility index (Phi) is 4.22. The average Bonchev–Trinajstić information content (AvgIpc) is 2.47. The molecular weight excluding hydrogens is 294 g/mol. The van der Waals surface area contributed by atoms with Crippen molar-refractivity contribution in [2.75, 3.05) is 0 Å². The number of non-ortho nitro benzene ring substituents is 1. The highest BCUT2D eigenvalue weighted by atomic mass is 16.6. The van der Waals surface area contributed by atoms with Gasteiger partial charge in [-0.15, -0.1) is 0 Å². The number of hydrogen-bond donors (Lipinski definition) is 3. The van der Waals surface area contributed by atoms with E-state index >= 15 is 0 Å². The van der Waals surface area contributed by atoms with Crippen LogP contribution in [0.5, 0.6) is 0 Å². The van der Waals surface area contributed by atoms with Crippen molar-refractivity contribution in [3.63, 3.8) is 0 Å². The second-order valence-electron chi connectivity index (χ2n) is 4.03. The summed E-state index contributed by atoms with van der Waals surface area (Å²) in [5, 5.41) is 14.1. The van der Waals surface area contributed by atoms with Gasteiger partial charge in [-0.1, -0.05) is 0 Å². The lowest BCUT2D eigenvalue weighted by molar-refractivity contribution is -0.384. The molecular formula is C12H9N5O5. The third kappa shape index (κ3) is 3.50. The van der Waals surface area contributed by atoms with Crippen LogP contribution in [0.4, 0.5) is 5.69 Å². The summed E-state index contributed by atoms with van der Waals surface area (Å²) in [6.45, 7) is 0. The van der Waals surface area contributed by atoms with Crippen LogP contribution >= 0.6 is 0 Å². The van der Waals surface area contributed by atoms with Crippen molar-refractivity contribution in [1.82, 2.24) is 15.4 Å². The normalized spacial score (nSPS) is 10.5. The molecule has 2 aromatic rings. The van der Waals surface area contributed by atoms with Gasteiger partial charge < -0.3 is 4.98 Å². The molecule has 0 aliphatic heterocycles. The summed E-state index contributed by atoms with van der Waals surface area (Å²) in [5.74, 6) is -0.810. The monoisotopic (exact) mass is 303 g/mol. The number of carbonyl (C=O) groups is 1. The highest BCUT2D eigenvalue weighted by molar-refractivity contribution is 5.94. The zero-order valence-electron chi connectivity index (χ0n) is 10.9. The number of nitro benzene ring substituents is 1. The number of aromatic nitrogens is 2. The first-order valence-corrected chi connectivity index (χ1v) is 5.87. The van der Waals surface area contributed by atoms with E-state index in [1.54, 1.807) is 0 Å². The van der Waals surface area contributed by atoms with Gasteiger partial charge in [-0.05, 0) is 17.7 Å². The molecule has 0 unspecified atom stereocenters. The highest BCUT2D eigenvalue weighted by Gasteiger charge is 2.09. The molecule has 0 fully saturated rings. The Labute approximate surface area is 121 Å². The second-order valence-corrected chi connectivity index (χ2v) is 4.03. The van der Waals surface area contributed by atoms with Crippen molar-refractivity contribution >= 4 is 17.8 Å². The van der Waals surface area contributed by atoms with Crippen LogP contribution in [-0.2, 0) is 0 Å². The quantitative estimate of drug-likeness (QED) is 0.403. The van der Waals surface area contributed by atoms with Gasteiger partial charge in [0.1, 0.15) is 5.56 Å². The molecule has 22 heavy (non-hydrogen) atoms. The van der Waals surface area contributed by atoms with Gasteiger partial charge in [0, 0.05) is 18.3 Å². The number of aromatic amines is 2. The zero-order chi connectivity index (χ0) is 16.1. The lowest BCUT2D eigenvalue weighted by atomic mass is 10.2. The van der Waals surface area contributed by atoms with E-state index in [9.17, 15) is 24.5 Å². The Morgan fingerprint density at radius 2 is 1.95 bits per heavy atom. The first-order chi connectivity index (χ1) is 10.5. The number of hydrazone groups is 1. The van der Waals surface area contributed by atoms with Crippen LogP contribution in [0, 0.1) is 10.1 Å². The molecule has 10 heteroatoms. The number of hydrogen-bond acceptors (Lipinski definition) is 6. The maximum Gasteiger partial charge on any atom is 0.325 e. The van der Waals surface area contributed by atoms with Crippen molar-refractivity contribution in [2.24, 2.45) is 5.10 Å². The van der Waals surface area contributed by atoms with Crippen molar-refractivity contribution < 1.29 is 9.72 Å². The predicted octanol–water partition coefficient (Wildman–Crippen LogP) is -0.265. The fourth-order valence-corrected chi connectivity index (χ4v) is 1.49. The summed E-state index contributed by atoms with van der Waals surface area (Å²) in [4.78, 5) is 47.8. The lowest BCUT2D eigenvalue weighted by Gasteiger charge is -1.98. The van der Waals surface area contributed by atoms with E-state index in [-0.39, 0.29) is 11.3 Å². The van der Waals surface area contributed by atoms with Gasteiger partial charge in [0.15, 0.2) is 0 Å². The van der Waals surface area contributed by atoms with Crippen LogP contribution in [0.25, 0.3) is 0 Å². The Bertz CT molecular complexity index is 849. The van der Waals surface area contributed by atoms with Gasteiger partial charge in [0.25, 0.3) is 17.2 Å². The Hall–Kier alpha value is -3.56. The number of rotatable bonds is 4. The van der Waals surface area contributed by atoms with Crippen LogP contribution < -0.4 is 16.7 Å². The molecule has 1 aromatic heterocycles. The molecule has 1 amide bonds. The summed E-state index contributed by atoms with van der Waals surface area (Å²) >= 11 is 0. The molecule has 10 nitrogen and oxygen atoms in total. The minimum absolute atomic E-state index is 0.0686. The molecule has 0 radical (unpaired) electrons. The van der Waals surface area contributed by atoms with Gasteiger partial charge in [0.2, 0.25) is 0 Å². The SMILES string of the molecule is O=C(N/N=C\c1ccc([N+](=O)[O-])cc1)c1c[nH]c(=O)[nH]c1=O. The predicted molar refractivity (Wildman–Crippen MR) is 75.8 cm³/mol. The van der Waals surface area contributed by atoms with Crippen LogP contribution in [0.2, 0.25) is 0 Å². The lowest BCUT2D eigenvalue weighted by Crippen LogP contribution is -2.31. The summed E-state index contributed by atoms with van der Waals surface area (Å²) < 4.78 is 0. The number of nitro groups is 1. The largest absolute Gasteiger partial charge is 0.325 e. The number of nitrogens with zero attached hydrogens (tertiary/aromatic N) is 2. The fraction of sp³-hybridized carbons (Fsp3) is 0. The first-order valence-electron chi connectivity index (χ1n) is 5.87. The first kappa shape index (κ1) is 14.8. The zero-order valence-corrected chi connectivity index (χ0v) is 10.9. The second kappa shape index (κ2) is 6.26. The van der Waals surface area contributed by atoms with E-state index in [1.165, 1.54) is 30.5 Å². The van der Waals surface area contributed by atoms with Gasteiger partial charge in [-0.3, -0.25) is 24.7 Å². The van der Waals surface area contributed by atoms with E-state index in [0.717, 1.165) is 6.20 Å². The summed E-state index contributed by atoms with van der Waals surface area (Å²) in [6, 6.07) is 5.47. The van der Waals surface area contributed by atoms with Crippen LogP contribution in [0.3, 0.4) is 0 Å². The van der Waals surface area contributed by atoms with Crippen molar-refractivity contribution in [1.29, 1.82) is 0 Å². The van der Waals surface area contributed by atoms with Gasteiger partial charge in [-0.2, -0.15) is 5.10 Å². The van der Waals surface area contributed by atoms with Crippen molar-refractivity contribution in [2.45, 2.75) is 0 Å². The molecule has 0 spiro atoms. The number of benzene rings is 1. The molecule has 2 rings (SSSR count). The average molecular weight is 303 g/mol. The molecule has 0 saturated heterocycles. The van der Waals surface area contributed by atoms with Crippen molar-refractivity contribution in [3.8, 4) is 0 Å². The molecule has 112 valence electrons. The highest BCUT2D eigenvalue weighted by Crippen LogP contribution is 2.10. The molecule has 0 saturated carbocycles. The minimum atomic E-state index is -0.841.